The summed E-state index contributed by atoms with van der Waals surface area (Å²) >= 11 is 0. The second-order valence-electron chi connectivity index (χ2n) is 14.1. The molecule has 5 atom stereocenters. The topological polar surface area (TPSA) is 195 Å². The van der Waals surface area contributed by atoms with Gasteiger partial charge in [-0.3, -0.25) is 18.6 Å². The molecule has 0 saturated carbocycles. The molecule has 0 aromatic heterocycles. The van der Waals surface area contributed by atoms with Crippen molar-refractivity contribution in [2.75, 3.05) is 26.4 Å². The highest BCUT2D eigenvalue weighted by Gasteiger charge is 2.26. The first kappa shape index (κ1) is 53.6. The molecule has 0 aromatic carbocycles. The molecule has 0 saturated heterocycles. The minimum Gasteiger partial charge on any atom is -0.462 e. The Morgan fingerprint density at radius 2 is 1.20 bits per heavy atom. The van der Waals surface area contributed by atoms with Gasteiger partial charge in [0.15, 0.2) is 6.10 Å². The van der Waals surface area contributed by atoms with E-state index >= 15 is 0 Å². The molecule has 0 bridgehead atoms. The third-order valence-corrected chi connectivity index (χ3v) is 9.74. The van der Waals surface area contributed by atoms with Crippen LogP contribution < -0.4 is 5.73 Å². The Labute approximate surface area is 337 Å². The fourth-order valence-electron chi connectivity index (χ4n) is 5.50. The standard InChI is InChI=1S/C43H76NO11P/c1-3-5-7-8-9-10-11-12-13-14-15-16-17-22-26-32-42(48)52-36-39(37-54-56(50,51)53-35-34-44)55-43(49)33-27-31-41(47)40(46)30-25-21-19-18-20-24-29-38(45)28-23-6-4-2/h6,18-21,23-25,29-30,38-41,45-47H,3-5,7-17,22,26-28,31-37,44H2,1-2H3,(H,50,51)/b20-18+,21-19-,23-6-,29-24+,30-25-/t38-,39+,40+,41+/m0/s1. The van der Waals surface area contributed by atoms with Gasteiger partial charge in [-0.1, -0.05) is 164 Å². The summed E-state index contributed by atoms with van der Waals surface area (Å²) in [5.41, 5.74) is 5.32. The van der Waals surface area contributed by atoms with Gasteiger partial charge in [0.25, 0.3) is 0 Å². The van der Waals surface area contributed by atoms with E-state index in [9.17, 15) is 34.4 Å². The predicted molar refractivity (Wildman–Crippen MR) is 224 cm³/mol. The third-order valence-electron chi connectivity index (χ3n) is 8.76. The Bertz CT molecular complexity index is 1160. The minimum absolute atomic E-state index is 0.00427. The van der Waals surface area contributed by atoms with Gasteiger partial charge in [-0.15, -0.1) is 0 Å². The third kappa shape index (κ3) is 36.0. The van der Waals surface area contributed by atoms with Crippen molar-refractivity contribution in [1.82, 2.24) is 0 Å². The largest absolute Gasteiger partial charge is 0.472 e. The molecule has 0 rings (SSSR count). The van der Waals surface area contributed by atoms with Crippen LogP contribution in [0.5, 0.6) is 0 Å². The predicted octanol–water partition coefficient (Wildman–Crippen LogP) is 8.63. The molecular formula is C43H76NO11P. The fourth-order valence-corrected chi connectivity index (χ4v) is 6.27. The van der Waals surface area contributed by atoms with E-state index in [0.717, 1.165) is 25.7 Å². The van der Waals surface area contributed by atoms with Gasteiger partial charge in [0, 0.05) is 19.4 Å². The highest BCUT2D eigenvalue weighted by Crippen LogP contribution is 2.43. The van der Waals surface area contributed by atoms with Gasteiger partial charge in [0.05, 0.1) is 31.5 Å². The molecule has 6 N–H and O–H groups in total. The van der Waals surface area contributed by atoms with E-state index in [1.165, 1.54) is 76.7 Å². The Hall–Kier alpha value is -2.41. The summed E-state index contributed by atoms with van der Waals surface area (Å²) in [4.78, 5) is 34.9. The molecule has 324 valence electrons. The van der Waals surface area contributed by atoms with Gasteiger partial charge >= 0.3 is 19.8 Å². The number of hydrogen-bond donors (Lipinski definition) is 5. The second kappa shape index (κ2) is 38.1. The zero-order valence-corrected chi connectivity index (χ0v) is 35.3. The van der Waals surface area contributed by atoms with Crippen molar-refractivity contribution in [3.63, 3.8) is 0 Å². The summed E-state index contributed by atoms with van der Waals surface area (Å²) in [6.07, 6.45) is 33.4. The van der Waals surface area contributed by atoms with E-state index in [-0.39, 0.29) is 45.4 Å². The summed E-state index contributed by atoms with van der Waals surface area (Å²) < 4.78 is 32.5. The molecule has 12 nitrogen and oxygen atoms in total. The lowest BCUT2D eigenvalue weighted by atomic mass is 10.0. The first-order valence-electron chi connectivity index (χ1n) is 21.1. The van der Waals surface area contributed by atoms with Crippen molar-refractivity contribution in [3.8, 4) is 0 Å². The van der Waals surface area contributed by atoms with Crippen LogP contribution in [-0.2, 0) is 32.7 Å². The molecule has 0 radical (unpaired) electrons. The molecule has 13 heteroatoms. The van der Waals surface area contributed by atoms with E-state index in [2.05, 4.69) is 6.92 Å². The van der Waals surface area contributed by atoms with Gasteiger partial charge in [0.1, 0.15) is 6.61 Å². The van der Waals surface area contributed by atoms with Gasteiger partial charge in [-0.05, 0) is 32.1 Å². The number of aliphatic hydroxyl groups is 3. The number of hydrogen-bond acceptors (Lipinski definition) is 11. The maximum absolute atomic E-state index is 12.6. The Balaban J connectivity index is 4.52. The van der Waals surface area contributed by atoms with Crippen LogP contribution in [0.25, 0.3) is 0 Å². The first-order chi connectivity index (χ1) is 27.0. The fraction of sp³-hybridized carbons (Fsp3) is 0.721. The van der Waals surface area contributed by atoms with Crippen LogP contribution in [0.3, 0.4) is 0 Å². The summed E-state index contributed by atoms with van der Waals surface area (Å²) in [5.74, 6) is -1.16. The molecule has 0 spiro atoms. The molecular weight excluding hydrogens is 737 g/mol. The number of nitrogens with two attached hydrogens (primary N) is 1. The van der Waals surface area contributed by atoms with Crippen LogP contribution in [0.4, 0.5) is 0 Å². The Morgan fingerprint density at radius 3 is 1.77 bits per heavy atom. The zero-order chi connectivity index (χ0) is 41.5. The van der Waals surface area contributed by atoms with E-state index in [4.69, 9.17) is 24.3 Å². The highest BCUT2D eigenvalue weighted by molar-refractivity contribution is 7.47. The minimum atomic E-state index is -4.47. The monoisotopic (exact) mass is 814 g/mol. The van der Waals surface area contributed by atoms with Crippen molar-refractivity contribution in [2.24, 2.45) is 5.73 Å². The van der Waals surface area contributed by atoms with E-state index in [0.29, 0.717) is 12.8 Å². The van der Waals surface area contributed by atoms with Crippen molar-refractivity contribution in [3.05, 3.63) is 60.8 Å². The Morgan fingerprint density at radius 1 is 0.661 bits per heavy atom. The number of unbranched alkanes of at least 4 members (excludes halogenated alkanes) is 14. The number of aliphatic hydroxyl groups excluding tert-OH is 3. The maximum Gasteiger partial charge on any atom is 0.472 e. The second-order valence-corrected chi connectivity index (χ2v) is 15.5. The normalized spacial score (nSPS) is 15.6. The lowest BCUT2D eigenvalue weighted by Gasteiger charge is -2.20. The highest BCUT2D eigenvalue weighted by atomic mass is 31.2. The number of ether oxygens (including phenoxy) is 2. The molecule has 0 aliphatic heterocycles. The van der Waals surface area contributed by atoms with Crippen LogP contribution >= 0.6 is 7.82 Å². The molecule has 56 heavy (non-hydrogen) atoms. The lowest BCUT2D eigenvalue weighted by Crippen LogP contribution is -2.30. The average molecular weight is 814 g/mol. The van der Waals surface area contributed by atoms with Crippen molar-refractivity contribution < 1.29 is 52.9 Å². The number of allylic oxidation sites excluding steroid dienone is 7. The molecule has 0 heterocycles. The van der Waals surface area contributed by atoms with Crippen LogP contribution in [0.15, 0.2) is 60.8 Å². The molecule has 0 aliphatic rings. The smallest absolute Gasteiger partial charge is 0.462 e. The maximum atomic E-state index is 12.6. The van der Waals surface area contributed by atoms with E-state index in [1.807, 2.05) is 19.1 Å². The number of phosphoric ester groups is 1. The number of phosphoric acid groups is 1. The number of rotatable bonds is 38. The van der Waals surface area contributed by atoms with E-state index in [1.54, 1.807) is 42.5 Å². The molecule has 0 amide bonds. The van der Waals surface area contributed by atoms with Crippen molar-refractivity contribution in [2.45, 2.75) is 173 Å². The van der Waals surface area contributed by atoms with Crippen LogP contribution in [0, 0.1) is 0 Å². The van der Waals surface area contributed by atoms with Crippen LogP contribution in [0.2, 0.25) is 0 Å². The molecule has 0 aromatic rings. The van der Waals surface area contributed by atoms with Gasteiger partial charge in [0.2, 0.25) is 0 Å². The van der Waals surface area contributed by atoms with Crippen molar-refractivity contribution >= 4 is 19.8 Å². The first-order valence-corrected chi connectivity index (χ1v) is 22.6. The van der Waals surface area contributed by atoms with Crippen LogP contribution in [-0.4, -0.2) is 82.9 Å². The van der Waals surface area contributed by atoms with Gasteiger partial charge in [-0.25, -0.2) is 4.57 Å². The SMILES string of the molecule is CC/C=C\C[C@H](O)/C=C/C=C/C=C\C=C/[C@@H](O)[C@H](O)CCCC(=O)O[C@H](COC(=O)CCCCCCCCCCCCCCCCC)COP(=O)(O)OCCN. The molecule has 1 unspecified atom stereocenters. The number of esters is 2. The van der Waals surface area contributed by atoms with Crippen molar-refractivity contribution in [1.29, 1.82) is 0 Å². The molecule has 0 aliphatic carbocycles. The number of carbonyl (C=O) groups excluding carboxylic acids is 2. The Kier molecular flexibility index (Phi) is 36.5. The quantitative estimate of drug-likeness (QED) is 0.0131. The summed E-state index contributed by atoms with van der Waals surface area (Å²) in [6, 6.07) is 0. The zero-order valence-electron chi connectivity index (χ0n) is 34.4. The van der Waals surface area contributed by atoms with Gasteiger partial charge < -0.3 is 35.4 Å². The average Bonchev–Trinajstić information content (AvgIpc) is 3.17. The van der Waals surface area contributed by atoms with E-state index < -0.39 is 50.8 Å². The lowest BCUT2D eigenvalue weighted by molar-refractivity contribution is -0.161. The summed E-state index contributed by atoms with van der Waals surface area (Å²) in [7, 11) is -4.47. The van der Waals surface area contributed by atoms with Crippen LogP contribution in [0.1, 0.15) is 149 Å². The summed E-state index contributed by atoms with van der Waals surface area (Å²) in [6.45, 7) is 3.13. The van der Waals surface area contributed by atoms with Gasteiger partial charge in [-0.2, -0.15) is 0 Å². The number of carbonyl (C=O) groups is 2. The molecule has 0 fully saturated rings. The summed E-state index contributed by atoms with van der Waals surface area (Å²) in [5, 5.41) is 30.4.